The molecule has 0 bridgehead atoms. The maximum Gasteiger partial charge on any atom is 0.290 e. The largest absolute Gasteiger partial charge is 0.503 e. The number of nitrogens with one attached hydrogen (secondary N) is 1. The first kappa shape index (κ1) is 19.8. The zero-order valence-corrected chi connectivity index (χ0v) is 16.9. The highest BCUT2D eigenvalue weighted by Crippen LogP contribution is 2.39. The van der Waals surface area contributed by atoms with Gasteiger partial charge in [0.15, 0.2) is 5.76 Å². The van der Waals surface area contributed by atoms with Crippen LogP contribution < -0.4 is 4.90 Å². The third-order valence-electron chi connectivity index (χ3n) is 5.44. The van der Waals surface area contributed by atoms with E-state index < -0.39 is 17.7 Å². The third kappa shape index (κ3) is 4.10. The first-order valence-corrected chi connectivity index (χ1v) is 10.7. The number of hydrogen-bond donors (Lipinski definition) is 2. The summed E-state index contributed by atoms with van der Waals surface area (Å²) >= 11 is 1.30. The van der Waals surface area contributed by atoms with Crippen LogP contribution in [0.3, 0.4) is 0 Å². The summed E-state index contributed by atoms with van der Waals surface area (Å²) in [5, 5.41) is 12.4. The molecule has 0 unspecified atom stereocenters. The van der Waals surface area contributed by atoms with Gasteiger partial charge in [-0.1, -0.05) is 6.07 Å². The van der Waals surface area contributed by atoms with E-state index in [9.17, 15) is 14.7 Å². The first-order chi connectivity index (χ1) is 14.2. The average molecular weight is 415 g/mol. The summed E-state index contributed by atoms with van der Waals surface area (Å²) in [4.78, 5) is 33.6. The number of thiophene rings is 1. The molecule has 0 saturated carbocycles. The van der Waals surface area contributed by atoms with Crippen molar-refractivity contribution in [1.29, 1.82) is 0 Å². The van der Waals surface area contributed by atoms with Gasteiger partial charge in [-0.25, -0.2) is 0 Å². The highest BCUT2D eigenvalue weighted by atomic mass is 32.1. The van der Waals surface area contributed by atoms with Crippen molar-refractivity contribution < 1.29 is 24.3 Å². The number of quaternary nitrogens is 1. The van der Waals surface area contributed by atoms with Crippen molar-refractivity contribution in [3.8, 4) is 0 Å². The zero-order valence-electron chi connectivity index (χ0n) is 16.0. The van der Waals surface area contributed by atoms with Gasteiger partial charge in [0.05, 0.1) is 36.3 Å². The Hall–Kier alpha value is -2.55. The number of morpholine rings is 1. The van der Waals surface area contributed by atoms with Gasteiger partial charge in [0.25, 0.3) is 5.91 Å². The molecule has 1 saturated heterocycles. The molecule has 1 amide bonds. The molecule has 7 nitrogen and oxygen atoms in total. The van der Waals surface area contributed by atoms with E-state index in [-0.39, 0.29) is 11.4 Å². The smallest absolute Gasteiger partial charge is 0.290 e. The molecule has 2 aliphatic heterocycles. The lowest BCUT2D eigenvalue weighted by molar-refractivity contribution is -0.908. The second kappa shape index (κ2) is 8.86. The summed E-state index contributed by atoms with van der Waals surface area (Å²) in [6, 6.07) is 6.49. The Labute approximate surface area is 173 Å². The highest BCUT2D eigenvalue weighted by molar-refractivity contribution is 7.12. The van der Waals surface area contributed by atoms with Crippen LogP contribution in [-0.4, -0.2) is 66.1 Å². The van der Waals surface area contributed by atoms with E-state index in [2.05, 4.69) is 4.98 Å². The van der Waals surface area contributed by atoms with Crippen molar-refractivity contribution in [2.24, 2.45) is 0 Å². The van der Waals surface area contributed by atoms with Crippen molar-refractivity contribution in [1.82, 2.24) is 9.88 Å². The predicted molar refractivity (Wildman–Crippen MR) is 108 cm³/mol. The number of pyridine rings is 1. The van der Waals surface area contributed by atoms with Crippen LogP contribution >= 0.6 is 11.3 Å². The minimum atomic E-state index is -0.597. The topological polar surface area (TPSA) is 84.2 Å². The molecule has 0 spiro atoms. The van der Waals surface area contributed by atoms with E-state index in [4.69, 9.17) is 4.74 Å². The molecule has 2 N–H and O–H groups in total. The monoisotopic (exact) mass is 414 g/mol. The standard InChI is InChI=1S/C21H23N3O4S/c25-19(16-3-1-14-29-16)17-18(15-4-6-22-7-5-15)24(21(27)20(17)26)9-2-8-23-10-12-28-13-11-23/h1,3-7,14,18,26H,2,8-13H2/p+1/t18-/m0/s1. The fraction of sp³-hybridized carbons (Fsp3) is 0.381. The van der Waals surface area contributed by atoms with E-state index in [1.807, 2.05) is 5.38 Å². The lowest BCUT2D eigenvalue weighted by atomic mass is 9.96. The van der Waals surface area contributed by atoms with Gasteiger partial charge in [0.2, 0.25) is 5.78 Å². The van der Waals surface area contributed by atoms with E-state index in [0.717, 1.165) is 44.8 Å². The maximum atomic E-state index is 13.1. The van der Waals surface area contributed by atoms with Gasteiger partial charge in [0.1, 0.15) is 13.1 Å². The van der Waals surface area contributed by atoms with Gasteiger partial charge in [-0.05, 0) is 29.1 Å². The van der Waals surface area contributed by atoms with Crippen molar-refractivity contribution in [3.05, 3.63) is 63.8 Å². The lowest BCUT2D eigenvalue weighted by Crippen LogP contribution is -3.14. The Balaban J connectivity index is 1.57. The fourth-order valence-corrected chi connectivity index (χ4v) is 4.64. The molecule has 4 heterocycles. The Bertz CT molecular complexity index is 892. The zero-order chi connectivity index (χ0) is 20.2. The van der Waals surface area contributed by atoms with Crippen LogP contribution in [0.1, 0.15) is 27.7 Å². The Morgan fingerprint density at radius 3 is 2.72 bits per heavy atom. The number of aliphatic hydroxyl groups is 1. The van der Waals surface area contributed by atoms with E-state index >= 15 is 0 Å². The number of Topliss-reactive ketones (excluding diaryl/α,β-unsaturated/α-hetero) is 1. The minimum Gasteiger partial charge on any atom is -0.503 e. The Morgan fingerprint density at radius 1 is 1.28 bits per heavy atom. The predicted octanol–water partition coefficient (Wildman–Crippen LogP) is 1.03. The second-order valence-corrected chi connectivity index (χ2v) is 8.16. The van der Waals surface area contributed by atoms with Crippen molar-refractivity contribution in [2.45, 2.75) is 12.5 Å². The number of aromatic nitrogens is 1. The molecule has 1 fully saturated rings. The Morgan fingerprint density at radius 2 is 2.03 bits per heavy atom. The van der Waals surface area contributed by atoms with Gasteiger partial charge in [-0.3, -0.25) is 14.6 Å². The molecule has 2 aromatic heterocycles. The first-order valence-electron chi connectivity index (χ1n) is 9.80. The van der Waals surface area contributed by atoms with Crippen LogP contribution in [0.5, 0.6) is 0 Å². The average Bonchev–Trinajstić information content (AvgIpc) is 3.38. The summed E-state index contributed by atoms with van der Waals surface area (Å²) in [7, 11) is 0. The van der Waals surface area contributed by atoms with Gasteiger partial charge in [-0.15, -0.1) is 11.3 Å². The number of carbonyl (C=O) groups is 2. The van der Waals surface area contributed by atoms with Crippen LogP contribution in [0.25, 0.3) is 0 Å². The number of amides is 1. The summed E-state index contributed by atoms with van der Waals surface area (Å²) < 4.78 is 5.39. The normalized spacial score (nSPS) is 20.5. The number of nitrogens with zero attached hydrogens (tertiary/aromatic N) is 2. The summed E-state index contributed by atoms with van der Waals surface area (Å²) in [5.41, 5.74) is 0.929. The van der Waals surface area contributed by atoms with E-state index in [0.29, 0.717) is 11.4 Å². The third-order valence-corrected chi connectivity index (χ3v) is 6.31. The quantitative estimate of drug-likeness (QED) is 0.661. The molecule has 2 aliphatic rings. The van der Waals surface area contributed by atoms with Crippen LogP contribution in [0, 0.1) is 0 Å². The number of ether oxygens (including phenoxy) is 1. The van der Waals surface area contributed by atoms with Gasteiger partial charge in [0, 0.05) is 25.4 Å². The molecular weight excluding hydrogens is 390 g/mol. The molecule has 0 aliphatic carbocycles. The maximum absolute atomic E-state index is 13.1. The number of hydrogen-bond acceptors (Lipinski definition) is 6. The number of carbonyl (C=O) groups excluding carboxylic acids is 2. The molecule has 0 radical (unpaired) electrons. The molecular formula is C21H24N3O4S+. The van der Waals surface area contributed by atoms with Gasteiger partial charge >= 0.3 is 0 Å². The van der Waals surface area contributed by atoms with Crippen LogP contribution in [0.4, 0.5) is 0 Å². The van der Waals surface area contributed by atoms with Crippen molar-refractivity contribution >= 4 is 23.0 Å². The molecule has 152 valence electrons. The lowest BCUT2D eigenvalue weighted by Gasteiger charge is -2.28. The van der Waals surface area contributed by atoms with E-state index in [1.165, 1.54) is 16.2 Å². The highest BCUT2D eigenvalue weighted by Gasteiger charge is 2.43. The minimum absolute atomic E-state index is 0.155. The molecule has 29 heavy (non-hydrogen) atoms. The van der Waals surface area contributed by atoms with Crippen LogP contribution in [0.2, 0.25) is 0 Å². The van der Waals surface area contributed by atoms with Gasteiger partial charge in [-0.2, -0.15) is 0 Å². The molecule has 2 aromatic rings. The Kier molecular flexibility index (Phi) is 6.03. The van der Waals surface area contributed by atoms with Crippen LogP contribution in [-0.2, 0) is 9.53 Å². The number of rotatable bonds is 7. The summed E-state index contributed by atoms with van der Waals surface area (Å²) in [5.74, 6) is -1.22. The fourth-order valence-electron chi connectivity index (χ4n) is 3.96. The molecule has 0 aromatic carbocycles. The van der Waals surface area contributed by atoms with Crippen LogP contribution in [0.15, 0.2) is 53.4 Å². The number of ketones is 1. The van der Waals surface area contributed by atoms with Gasteiger partial charge < -0.3 is 19.6 Å². The van der Waals surface area contributed by atoms with E-state index in [1.54, 1.807) is 41.6 Å². The number of aliphatic hydroxyl groups excluding tert-OH is 1. The SMILES string of the molecule is O=C(C1=C(O)C(=O)N(CCC[NH+]2CCOCC2)[C@H]1c1ccncc1)c1cccs1. The van der Waals surface area contributed by atoms with Crippen molar-refractivity contribution in [2.75, 3.05) is 39.4 Å². The molecule has 4 rings (SSSR count). The molecule has 8 heteroatoms. The summed E-state index contributed by atoms with van der Waals surface area (Å²) in [6.07, 6.45) is 4.06. The summed E-state index contributed by atoms with van der Waals surface area (Å²) in [6.45, 7) is 4.85. The van der Waals surface area contributed by atoms with Crippen molar-refractivity contribution in [3.63, 3.8) is 0 Å². The molecule has 1 atom stereocenters. The second-order valence-electron chi connectivity index (χ2n) is 7.22.